The third-order valence-corrected chi connectivity index (χ3v) is 6.73. The first-order chi connectivity index (χ1) is 18.5. The third-order valence-electron chi connectivity index (χ3n) is 6.12. The summed E-state index contributed by atoms with van der Waals surface area (Å²) in [4.78, 5) is 17.6. The number of nitro groups is 1. The number of pyridine rings is 1. The zero-order valence-electron chi connectivity index (χ0n) is 20.2. The fourth-order valence-electron chi connectivity index (χ4n) is 4.41. The van der Waals surface area contributed by atoms with Crippen LogP contribution in [0.5, 0.6) is 5.75 Å². The van der Waals surface area contributed by atoms with Crippen molar-refractivity contribution in [1.29, 1.82) is 0 Å². The van der Waals surface area contributed by atoms with Crippen molar-refractivity contribution in [2.24, 2.45) is 0 Å². The van der Waals surface area contributed by atoms with Gasteiger partial charge in [0.1, 0.15) is 29.9 Å². The van der Waals surface area contributed by atoms with Crippen LogP contribution in [0.2, 0.25) is 5.02 Å². The van der Waals surface area contributed by atoms with Gasteiger partial charge in [-0.3, -0.25) is 15.1 Å². The van der Waals surface area contributed by atoms with Crippen molar-refractivity contribution in [1.82, 2.24) is 10.3 Å². The fraction of sp³-hybridized carbons (Fsp3) is 0.185. The molecule has 1 saturated heterocycles. The van der Waals surface area contributed by atoms with Gasteiger partial charge in [0.15, 0.2) is 5.11 Å². The van der Waals surface area contributed by atoms with Gasteiger partial charge in [-0.1, -0.05) is 29.8 Å². The lowest BCUT2D eigenvalue weighted by Crippen LogP contribution is -2.29. The maximum atomic E-state index is 11.6. The molecule has 1 aliphatic heterocycles. The van der Waals surface area contributed by atoms with E-state index in [0.717, 1.165) is 11.4 Å². The summed E-state index contributed by atoms with van der Waals surface area (Å²) < 4.78 is 17.0. The van der Waals surface area contributed by atoms with E-state index in [4.69, 9.17) is 37.7 Å². The minimum absolute atomic E-state index is 0.0394. The lowest BCUT2D eigenvalue weighted by Gasteiger charge is -2.26. The number of benzene rings is 2. The van der Waals surface area contributed by atoms with Crippen molar-refractivity contribution in [3.05, 3.63) is 106 Å². The van der Waals surface area contributed by atoms with Crippen LogP contribution in [0.4, 0.5) is 11.4 Å². The van der Waals surface area contributed by atoms with Gasteiger partial charge >= 0.3 is 0 Å². The van der Waals surface area contributed by atoms with Gasteiger partial charge in [0.05, 0.1) is 33.9 Å². The maximum absolute atomic E-state index is 11.6. The lowest BCUT2D eigenvalue weighted by atomic mass is 10.0. The minimum atomic E-state index is -0.453. The zero-order chi connectivity index (χ0) is 26.6. The van der Waals surface area contributed by atoms with E-state index in [0.29, 0.717) is 46.2 Å². The highest BCUT2D eigenvalue weighted by atomic mass is 35.5. The Kier molecular flexibility index (Phi) is 7.54. The molecule has 9 nitrogen and oxygen atoms in total. The van der Waals surface area contributed by atoms with Crippen LogP contribution >= 0.6 is 23.8 Å². The van der Waals surface area contributed by atoms with Gasteiger partial charge in [0.2, 0.25) is 0 Å². The number of halogens is 1. The van der Waals surface area contributed by atoms with E-state index in [2.05, 4.69) is 10.3 Å². The van der Waals surface area contributed by atoms with E-state index in [1.807, 2.05) is 29.2 Å². The van der Waals surface area contributed by atoms with Crippen molar-refractivity contribution in [2.45, 2.75) is 12.1 Å². The first-order valence-electron chi connectivity index (χ1n) is 11.7. The smallest absolute Gasteiger partial charge is 0.280 e. The Labute approximate surface area is 229 Å². The standard InChI is InChI=1S/C27H23ClN4O5S/c1-35-14-15-36-23-10-9-17(16-19(23)28)31-26(25(30-27(31)38)20-7-4-5-13-29-20)24-12-11-22(37-24)18-6-2-3-8-21(18)32(33)34/h2-13,16,25-26H,14-15H2,1H3,(H,30,38)/t25-,26+/m0/s1. The number of nitrogens with one attached hydrogen (secondary N) is 1. The Morgan fingerprint density at radius 1 is 1.13 bits per heavy atom. The monoisotopic (exact) mass is 550 g/mol. The summed E-state index contributed by atoms with van der Waals surface area (Å²) in [5, 5.41) is 15.8. The van der Waals surface area contributed by atoms with E-state index in [9.17, 15) is 10.1 Å². The molecule has 0 bridgehead atoms. The van der Waals surface area contributed by atoms with Gasteiger partial charge in [-0.05, 0) is 60.7 Å². The van der Waals surface area contributed by atoms with Crippen molar-refractivity contribution in [3.63, 3.8) is 0 Å². The second kappa shape index (κ2) is 11.2. The SMILES string of the molecule is COCCOc1ccc(N2C(=S)N[C@@H](c3ccccn3)[C@H]2c2ccc(-c3ccccc3[N+](=O)[O-])o2)cc1Cl. The maximum Gasteiger partial charge on any atom is 0.280 e. The van der Waals surface area contributed by atoms with Crippen LogP contribution in [0.15, 0.2) is 83.4 Å². The number of rotatable bonds is 9. The summed E-state index contributed by atoms with van der Waals surface area (Å²) in [5.74, 6) is 1.46. The molecule has 1 aliphatic rings. The number of nitrogens with zero attached hydrogens (tertiary/aromatic N) is 3. The number of nitro benzene ring substituents is 1. The van der Waals surface area contributed by atoms with Gasteiger partial charge in [-0.2, -0.15) is 0 Å². The Morgan fingerprint density at radius 3 is 2.68 bits per heavy atom. The minimum Gasteiger partial charge on any atom is -0.490 e. The predicted octanol–water partition coefficient (Wildman–Crippen LogP) is 6.11. The molecule has 1 N–H and O–H groups in total. The van der Waals surface area contributed by atoms with Crippen LogP contribution in [0, 0.1) is 10.1 Å². The summed E-state index contributed by atoms with van der Waals surface area (Å²) in [7, 11) is 1.60. The lowest BCUT2D eigenvalue weighted by molar-refractivity contribution is -0.384. The summed E-state index contributed by atoms with van der Waals surface area (Å²) in [6.45, 7) is 0.802. The molecular formula is C27H23ClN4O5S. The van der Waals surface area contributed by atoms with Gasteiger partial charge in [0, 0.05) is 25.1 Å². The highest BCUT2D eigenvalue weighted by molar-refractivity contribution is 7.80. The Hall–Kier alpha value is -3.99. The molecule has 194 valence electrons. The number of aromatic nitrogens is 1. The van der Waals surface area contributed by atoms with Crippen LogP contribution < -0.4 is 15.0 Å². The van der Waals surface area contributed by atoms with E-state index in [1.165, 1.54) is 6.07 Å². The van der Waals surface area contributed by atoms with E-state index in [1.54, 1.807) is 55.8 Å². The molecule has 2 aromatic heterocycles. The number of anilines is 1. The quantitative estimate of drug-likeness (QED) is 0.114. The second-order valence-corrected chi connectivity index (χ2v) is 9.22. The van der Waals surface area contributed by atoms with Crippen molar-refractivity contribution < 1.29 is 18.8 Å². The molecule has 0 saturated carbocycles. The molecule has 0 unspecified atom stereocenters. The Bertz CT molecular complexity index is 1460. The fourth-order valence-corrected chi connectivity index (χ4v) is 4.99. The average molecular weight is 551 g/mol. The van der Waals surface area contributed by atoms with Crippen molar-refractivity contribution in [3.8, 4) is 17.1 Å². The molecule has 11 heteroatoms. The first-order valence-corrected chi connectivity index (χ1v) is 12.5. The molecule has 38 heavy (non-hydrogen) atoms. The van der Waals surface area contributed by atoms with Crippen LogP contribution in [0.3, 0.4) is 0 Å². The van der Waals surface area contributed by atoms with Gasteiger partial charge in [0.25, 0.3) is 5.69 Å². The molecule has 0 amide bonds. The average Bonchev–Trinajstić information content (AvgIpc) is 3.55. The number of thiocarbonyl (C=S) groups is 1. The number of methoxy groups -OCH3 is 1. The molecule has 0 aliphatic carbocycles. The Balaban J connectivity index is 1.55. The summed E-state index contributed by atoms with van der Waals surface area (Å²) in [5.41, 5.74) is 1.83. The van der Waals surface area contributed by atoms with E-state index >= 15 is 0 Å². The first kappa shape index (κ1) is 25.7. The van der Waals surface area contributed by atoms with E-state index in [-0.39, 0.29) is 11.7 Å². The number of ether oxygens (including phenoxy) is 2. The molecule has 0 spiro atoms. The molecule has 2 atom stereocenters. The topological polar surface area (TPSA) is 103 Å². The number of hydrogen-bond donors (Lipinski definition) is 1. The highest BCUT2D eigenvalue weighted by Crippen LogP contribution is 2.44. The third kappa shape index (κ3) is 5.06. The molecule has 5 rings (SSSR count). The van der Waals surface area contributed by atoms with Crippen LogP contribution in [0.1, 0.15) is 23.5 Å². The Morgan fingerprint density at radius 2 is 1.95 bits per heavy atom. The van der Waals surface area contributed by atoms with Gasteiger partial charge in [-0.15, -0.1) is 0 Å². The van der Waals surface area contributed by atoms with Gasteiger partial charge in [-0.25, -0.2) is 0 Å². The van der Waals surface area contributed by atoms with Gasteiger partial charge < -0.3 is 24.1 Å². The largest absolute Gasteiger partial charge is 0.490 e. The normalized spacial score (nSPS) is 16.9. The van der Waals surface area contributed by atoms with Crippen LogP contribution in [-0.4, -0.2) is 35.3 Å². The molecule has 3 heterocycles. The number of para-hydroxylation sites is 1. The number of furan rings is 1. The van der Waals surface area contributed by atoms with E-state index < -0.39 is 11.0 Å². The summed E-state index contributed by atoms with van der Waals surface area (Å²) in [6.07, 6.45) is 1.71. The molecule has 1 fully saturated rings. The molecule has 4 aromatic rings. The summed E-state index contributed by atoms with van der Waals surface area (Å²) >= 11 is 12.3. The highest BCUT2D eigenvalue weighted by Gasteiger charge is 2.43. The molecule has 0 radical (unpaired) electrons. The van der Waals surface area contributed by atoms with Crippen molar-refractivity contribution >= 4 is 40.3 Å². The second-order valence-electron chi connectivity index (χ2n) is 8.43. The molecular weight excluding hydrogens is 528 g/mol. The van der Waals surface area contributed by atoms with Crippen LogP contribution in [-0.2, 0) is 4.74 Å². The molecule has 2 aromatic carbocycles. The van der Waals surface area contributed by atoms with Crippen LogP contribution in [0.25, 0.3) is 11.3 Å². The summed E-state index contributed by atoms with van der Waals surface area (Å²) in [6, 6.07) is 20.2. The predicted molar refractivity (Wildman–Crippen MR) is 148 cm³/mol. The van der Waals surface area contributed by atoms with Crippen molar-refractivity contribution in [2.75, 3.05) is 25.2 Å². The zero-order valence-corrected chi connectivity index (χ0v) is 21.8. The number of hydrogen-bond acceptors (Lipinski definition) is 7.